The van der Waals surface area contributed by atoms with E-state index < -0.39 is 41.5 Å². The minimum Gasteiger partial charge on any atom is -0.393 e. The molecule has 1 aromatic heterocycles. The van der Waals surface area contributed by atoms with Gasteiger partial charge < -0.3 is 24.8 Å². The summed E-state index contributed by atoms with van der Waals surface area (Å²) in [6.07, 6.45) is 6.55. The van der Waals surface area contributed by atoms with Crippen molar-refractivity contribution in [2.24, 2.45) is 28.6 Å². The molecule has 3 saturated carbocycles. The van der Waals surface area contributed by atoms with Crippen LogP contribution in [0.5, 0.6) is 0 Å². The number of fused-ring (bicyclic) bond motifs is 7. The number of carbonyl (C=O) groups is 2. The maximum absolute atomic E-state index is 13.8. The van der Waals surface area contributed by atoms with Gasteiger partial charge in [-0.3, -0.25) is 9.59 Å². The highest BCUT2D eigenvalue weighted by Gasteiger charge is 2.76. The van der Waals surface area contributed by atoms with Gasteiger partial charge in [-0.25, -0.2) is 0 Å². The van der Waals surface area contributed by atoms with E-state index in [0.717, 1.165) is 40.7 Å². The molecule has 9 atom stereocenters. The van der Waals surface area contributed by atoms with E-state index in [-0.39, 0.29) is 35.9 Å². The summed E-state index contributed by atoms with van der Waals surface area (Å²) in [6, 6.07) is 7.83. The van der Waals surface area contributed by atoms with Crippen LogP contribution < -0.4 is 0 Å². The molecule has 42 heavy (non-hydrogen) atoms. The Balaban J connectivity index is 1.22. The Hall–Kier alpha value is -2.46. The molecule has 1 aromatic carbocycles. The largest absolute Gasteiger partial charge is 0.393 e. The van der Waals surface area contributed by atoms with Gasteiger partial charge in [0.25, 0.3) is 0 Å². The van der Waals surface area contributed by atoms with Crippen LogP contribution in [0.4, 0.5) is 0 Å². The molecule has 0 spiro atoms. The fourth-order valence-corrected chi connectivity index (χ4v) is 10.4. The molecule has 7 rings (SSSR count). The van der Waals surface area contributed by atoms with Crippen LogP contribution in [0.2, 0.25) is 0 Å². The van der Waals surface area contributed by atoms with Gasteiger partial charge in [-0.1, -0.05) is 49.8 Å². The minimum atomic E-state index is -1.37. The molecule has 0 unspecified atom stereocenters. The lowest BCUT2D eigenvalue weighted by molar-refractivity contribution is -0.201. The van der Waals surface area contributed by atoms with Crippen LogP contribution >= 0.6 is 11.3 Å². The van der Waals surface area contributed by atoms with E-state index >= 15 is 0 Å². The summed E-state index contributed by atoms with van der Waals surface area (Å²) in [5.41, 5.74) is 2.40. The monoisotopic (exact) mass is 590 g/mol. The van der Waals surface area contributed by atoms with Gasteiger partial charge in [-0.05, 0) is 83.5 Å². The Labute approximate surface area is 249 Å². The molecule has 2 heterocycles. The Bertz CT molecular complexity index is 1490. The molecule has 0 radical (unpaired) electrons. The van der Waals surface area contributed by atoms with E-state index in [1.165, 1.54) is 0 Å². The predicted octanol–water partition coefficient (Wildman–Crippen LogP) is 4.43. The number of carbonyl (C=O) groups excluding carboxylic acids is 2. The second kappa shape index (κ2) is 10.0. The first-order chi connectivity index (χ1) is 20.1. The van der Waals surface area contributed by atoms with Gasteiger partial charge in [-0.15, -0.1) is 0 Å². The minimum absolute atomic E-state index is 0.000648. The van der Waals surface area contributed by atoms with Crippen LogP contribution in [-0.4, -0.2) is 51.3 Å². The maximum atomic E-state index is 13.8. The molecule has 4 aliphatic carbocycles. The summed E-state index contributed by atoms with van der Waals surface area (Å²) < 4.78 is 13.5. The fourth-order valence-electron chi connectivity index (χ4n) is 9.57. The summed E-state index contributed by atoms with van der Waals surface area (Å²) in [6.45, 7) is 3.51. The third kappa shape index (κ3) is 3.89. The fraction of sp³-hybridized carbons (Fsp3) is 0.529. The highest BCUT2D eigenvalue weighted by molar-refractivity contribution is 7.08. The Morgan fingerprint density at radius 2 is 1.98 bits per heavy atom. The van der Waals surface area contributed by atoms with Gasteiger partial charge in [0, 0.05) is 22.3 Å². The number of ketones is 2. The smallest absolute Gasteiger partial charge is 0.193 e. The van der Waals surface area contributed by atoms with Crippen molar-refractivity contribution in [1.82, 2.24) is 0 Å². The van der Waals surface area contributed by atoms with Gasteiger partial charge in [-0.2, -0.15) is 11.3 Å². The third-order valence-electron chi connectivity index (χ3n) is 11.4. The van der Waals surface area contributed by atoms with Gasteiger partial charge in [0.2, 0.25) is 0 Å². The van der Waals surface area contributed by atoms with E-state index in [4.69, 9.17) is 9.47 Å². The van der Waals surface area contributed by atoms with Crippen LogP contribution in [0.15, 0.2) is 58.8 Å². The van der Waals surface area contributed by atoms with Crippen molar-refractivity contribution in [1.29, 1.82) is 0 Å². The first-order valence-electron chi connectivity index (χ1n) is 15.0. The van der Waals surface area contributed by atoms with E-state index in [0.29, 0.717) is 19.3 Å². The number of benzene rings is 1. The van der Waals surface area contributed by atoms with Crippen molar-refractivity contribution in [3.63, 3.8) is 0 Å². The van der Waals surface area contributed by atoms with Gasteiger partial charge in [0.15, 0.2) is 23.5 Å². The lowest BCUT2D eigenvalue weighted by Crippen LogP contribution is -2.63. The van der Waals surface area contributed by atoms with Gasteiger partial charge >= 0.3 is 0 Å². The number of thiophene rings is 1. The molecule has 2 aromatic rings. The number of allylic oxidation sites excluding steroid dienone is 4. The second-order valence-corrected chi connectivity index (χ2v) is 14.1. The quantitative estimate of drug-likeness (QED) is 0.456. The van der Waals surface area contributed by atoms with Crippen molar-refractivity contribution in [3.8, 4) is 0 Å². The van der Waals surface area contributed by atoms with Crippen LogP contribution in [-0.2, 0) is 32.1 Å². The zero-order valence-electron chi connectivity index (χ0n) is 24.0. The first kappa shape index (κ1) is 28.3. The number of aliphatic hydroxyl groups is 3. The SMILES string of the molecule is C[C@]12C=CC(=O)C=C1CC[C@@H]1[C@@H]2[C@@H](O)C[C@@]2(C)[C@H]1C[C@H]1O[C@@H](c3cscc3Cc3cccc(CO)c3)O[C@]12C(=O)CO. The van der Waals surface area contributed by atoms with Crippen LogP contribution in [0.3, 0.4) is 0 Å². The average Bonchev–Trinajstić information content (AvgIpc) is 3.65. The summed E-state index contributed by atoms with van der Waals surface area (Å²) in [5.74, 6) is -0.285. The van der Waals surface area contributed by atoms with Crippen molar-refractivity contribution in [3.05, 3.63) is 81.1 Å². The first-order valence-corrected chi connectivity index (χ1v) is 15.9. The lowest BCUT2D eigenvalue weighted by Gasteiger charge is -2.59. The molecule has 0 bridgehead atoms. The zero-order valence-corrected chi connectivity index (χ0v) is 24.8. The molecule has 0 amide bonds. The zero-order chi connectivity index (χ0) is 29.4. The number of rotatable bonds is 6. The van der Waals surface area contributed by atoms with Crippen LogP contribution in [0, 0.1) is 28.6 Å². The Morgan fingerprint density at radius 1 is 1.17 bits per heavy atom. The van der Waals surface area contributed by atoms with Gasteiger partial charge in [0.1, 0.15) is 6.61 Å². The molecule has 1 saturated heterocycles. The second-order valence-electron chi connectivity index (χ2n) is 13.3. The lowest BCUT2D eigenvalue weighted by atomic mass is 9.46. The van der Waals surface area contributed by atoms with E-state index in [1.54, 1.807) is 23.5 Å². The number of ether oxygens (including phenoxy) is 2. The molecule has 1 aliphatic heterocycles. The van der Waals surface area contributed by atoms with Crippen molar-refractivity contribution >= 4 is 22.9 Å². The highest BCUT2D eigenvalue weighted by Crippen LogP contribution is 2.70. The number of aliphatic hydroxyl groups excluding tert-OH is 3. The summed E-state index contributed by atoms with van der Waals surface area (Å²) >= 11 is 1.55. The molecule has 8 heteroatoms. The topological polar surface area (TPSA) is 113 Å². The number of Topliss-reactive ketones (excluding diaryl/α,β-unsaturated/α-hetero) is 1. The molecule has 5 aliphatic rings. The Morgan fingerprint density at radius 3 is 2.76 bits per heavy atom. The number of hydrogen-bond acceptors (Lipinski definition) is 8. The van der Waals surface area contributed by atoms with Crippen molar-refractivity contribution < 1.29 is 34.4 Å². The predicted molar refractivity (Wildman–Crippen MR) is 156 cm³/mol. The molecular weight excluding hydrogens is 552 g/mol. The van der Waals surface area contributed by atoms with Crippen molar-refractivity contribution in [2.75, 3.05) is 6.61 Å². The molecule has 222 valence electrons. The van der Waals surface area contributed by atoms with Crippen LogP contribution in [0.25, 0.3) is 0 Å². The summed E-state index contributed by atoms with van der Waals surface area (Å²) in [5, 5.41) is 35.8. The van der Waals surface area contributed by atoms with Crippen LogP contribution in [0.1, 0.15) is 68.1 Å². The number of hydrogen-bond donors (Lipinski definition) is 3. The van der Waals surface area contributed by atoms with E-state index in [9.17, 15) is 24.9 Å². The highest BCUT2D eigenvalue weighted by atomic mass is 32.1. The molecular formula is C34H38O7S. The third-order valence-corrected chi connectivity index (χ3v) is 12.2. The van der Waals surface area contributed by atoms with Crippen molar-refractivity contribution in [2.45, 2.75) is 76.7 Å². The maximum Gasteiger partial charge on any atom is 0.193 e. The Kier molecular flexibility index (Phi) is 6.77. The summed E-state index contributed by atoms with van der Waals surface area (Å²) in [4.78, 5) is 26.0. The molecule has 3 N–H and O–H groups in total. The average molecular weight is 591 g/mol. The normalized spacial score (nSPS) is 40.2. The van der Waals surface area contributed by atoms with Gasteiger partial charge in [0.05, 0.1) is 18.8 Å². The molecule has 7 nitrogen and oxygen atoms in total. The molecule has 4 fully saturated rings. The standard InChI is InChI=1S/C34H38O7S/c1-32-9-8-23(37)12-22(32)6-7-24-26-13-29-34(28(39)16-36,33(26,2)14-27(38)30(24)32)41-31(40-29)25-18-42-17-21(25)11-19-4-3-5-20(10-19)15-35/h3-5,8-10,12,17-18,24,26-27,29-31,35-36,38H,6-7,11,13-16H2,1-2H3/t24-,26-,27-,29+,30+,31+,32-,33-,34+/m0/s1. The van der Waals surface area contributed by atoms with E-state index in [1.807, 2.05) is 35.7 Å². The summed E-state index contributed by atoms with van der Waals surface area (Å²) in [7, 11) is 0. The van der Waals surface area contributed by atoms with E-state index in [2.05, 4.69) is 19.2 Å².